The quantitative estimate of drug-likeness (QED) is 0.578. The summed E-state index contributed by atoms with van der Waals surface area (Å²) in [7, 11) is 0. The fraction of sp³-hybridized carbons (Fsp3) is 0.250. The molecule has 2 aromatic rings. The Morgan fingerprint density at radius 2 is 1.86 bits per heavy atom. The van der Waals surface area contributed by atoms with E-state index in [4.69, 9.17) is 0 Å². The number of halogens is 1. The van der Waals surface area contributed by atoms with Gasteiger partial charge in [-0.15, -0.1) is 0 Å². The summed E-state index contributed by atoms with van der Waals surface area (Å²) < 4.78 is 13.5. The first kappa shape index (κ1) is 7.92. The molecule has 0 saturated heterocycles. The zero-order chi connectivity index (χ0) is 9.54. The Hall–Kier alpha value is -1.44. The van der Waals surface area contributed by atoms with E-state index in [1.807, 2.05) is 18.2 Å². The van der Waals surface area contributed by atoms with Crippen molar-refractivity contribution >= 4 is 10.8 Å². The van der Waals surface area contributed by atoms with E-state index in [0.717, 1.165) is 30.3 Å². The number of fused-ring (bicyclic) bond motifs is 3. The molecule has 1 aromatic heterocycles. The van der Waals surface area contributed by atoms with Crippen molar-refractivity contribution in [2.75, 3.05) is 0 Å². The third-order valence-electron chi connectivity index (χ3n) is 2.90. The van der Waals surface area contributed by atoms with E-state index in [1.54, 1.807) is 6.07 Å². The van der Waals surface area contributed by atoms with Crippen LogP contribution in [0, 0.1) is 5.95 Å². The summed E-state index contributed by atoms with van der Waals surface area (Å²) in [6, 6.07) is 7.61. The van der Waals surface area contributed by atoms with Crippen LogP contribution in [-0.4, -0.2) is 4.98 Å². The largest absolute Gasteiger partial charge is 0.224 e. The topological polar surface area (TPSA) is 12.9 Å². The summed E-state index contributed by atoms with van der Waals surface area (Å²) in [5.74, 6) is -0.318. The van der Waals surface area contributed by atoms with Crippen molar-refractivity contribution in [1.29, 1.82) is 0 Å². The average molecular weight is 187 g/mol. The number of aryl methyl sites for hydroxylation is 2. The number of rotatable bonds is 0. The fourth-order valence-electron chi connectivity index (χ4n) is 2.25. The first-order chi connectivity index (χ1) is 6.86. The molecule has 0 atom stereocenters. The number of pyridine rings is 1. The number of benzene rings is 1. The predicted octanol–water partition coefficient (Wildman–Crippen LogP) is 2.86. The lowest BCUT2D eigenvalue weighted by molar-refractivity contribution is 0.591. The van der Waals surface area contributed by atoms with Crippen molar-refractivity contribution in [2.45, 2.75) is 19.3 Å². The van der Waals surface area contributed by atoms with Gasteiger partial charge in [0.15, 0.2) is 0 Å². The SMILES string of the molecule is Fc1nc2c(c3ccccc13)CCC2. The Kier molecular flexibility index (Phi) is 1.57. The first-order valence-electron chi connectivity index (χ1n) is 4.92. The fourth-order valence-corrected chi connectivity index (χ4v) is 2.25. The van der Waals surface area contributed by atoms with Crippen LogP contribution in [0.5, 0.6) is 0 Å². The molecule has 14 heavy (non-hydrogen) atoms. The molecular formula is C12H10FN. The molecule has 2 heteroatoms. The van der Waals surface area contributed by atoms with Gasteiger partial charge < -0.3 is 0 Å². The molecule has 0 spiro atoms. The average Bonchev–Trinajstić information content (AvgIpc) is 2.66. The normalized spacial score (nSPS) is 14.6. The third kappa shape index (κ3) is 0.969. The van der Waals surface area contributed by atoms with Gasteiger partial charge in [0.25, 0.3) is 0 Å². The van der Waals surface area contributed by atoms with Gasteiger partial charge in [-0.25, -0.2) is 4.98 Å². The molecule has 3 rings (SSSR count). The number of nitrogens with zero attached hydrogens (tertiary/aromatic N) is 1. The van der Waals surface area contributed by atoms with E-state index in [1.165, 1.54) is 5.56 Å². The second-order valence-electron chi connectivity index (χ2n) is 3.73. The van der Waals surface area contributed by atoms with Crippen LogP contribution in [0.4, 0.5) is 4.39 Å². The Morgan fingerprint density at radius 3 is 2.71 bits per heavy atom. The molecule has 0 unspecified atom stereocenters. The van der Waals surface area contributed by atoms with Crippen LogP contribution in [0.2, 0.25) is 0 Å². The smallest absolute Gasteiger partial charge is 0.220 e. The molecular weight excluding hydrogens is 177 g/mol. The van der Waals surface area contributed by atoms with Crippen LogP contribution in [0.3, 0.4) is 0 Å². The molecule has 0 N–H and O–H groups in total. The lowest BCUT2D eigenvalue weighted by Crippen LogP contribution is -1.94. The van der Waals surface area contributed by atoms with E-state index in [9.17, 15) is 4.39 Å². The Morgan fingerprint density at radius 1 is 1.07 bits per heavy atom. The molecule has 0 aliphatic heterocycles. The van der Waals surface area contributed by atoms with Crippen LogP contribution in [0.25, 0.3) is 10.8 Å². The maximum atomic E-state index is 13.5. The summed E-state index contributed by atoms with van der Waals surface area (Å²) >= 11 is 0. The van der Waals surface area contributed by atoms with Gasteiger partial charge in [0.05, 0.1) is 0 Å². The molecule has 1 nitrogen and oxygen atoms in total. The van der Waals surface area contributed by atoms with Gasteiger partial charge in [-0.2, -0.15) is 4.39 Å². The van der Waals surface area contributed by atoms with Crippen LogP contribution in [0.15, 0.2) is 24.3 Å². The Bertz CT molecular complexity index is 505. The van der Waals surface area contributed by atoms with Crippen molar-refractivity contribution in [2.24, 2.45) is 0 Å². The van der Waals surface area contributed by atoms with Gasteiger partial charge in [0, 0.05) is 11.1 Å². The summed E-state index contributed by atoms with van der Waals surface area (Å²) in [6.07, 6.45) is 3.08. The zero-order valence-corrected chi connectivity index (χ0v) is 7.76. The molecule has 0 radical (unpaired) electrons. The van der Waals surface area contributed by atoms with Gasteiger partial charge in [0.2, 0.25) is 5.95 Å². The highest BCUT2D eigenvalue weighted by molar-refractivity contribution is 5.86. The van der Waals surface area contributed by atoms with Crippen LogP contribution in [0.1, 0.15) is 17.7 Å². The number of hydrogen-bond donors (Lipinski definition) is 0. The Labute approximate surface area is 81.6 Å². The highest BCUT2D eigenvalue weighted by Crippen LogP contribution is 2.29. The van der Waals surface area contributed by atoms with E-state index in [0.29, 0.717) is 5.39 Å². The van der Waals surface area contributed by atoms with Crippen LogP contribution >= 0.6 is 0 Å². The third-order valence-corrected chi connectivity index (χ3v) is 2.90. The number of hydrogen-bond acceptors (Lipinski definition) is 1. The standard InChI is InChI=1S/C12H10FN/c13-12-10-5-2-1-4-8(10)9-6-3-7-11(9)14-12/h1-2,4-5H,3,6-7H2. The first-order valence-corrected chi connectivity index (χ1v) is 4.92. The minimum Gasteiger partial charge on any atom is -0.224 e. The molecule has 1 aromatic carbocycles. The van der Waals surface area contributed by atoms with Gasteiger partial charge >= 0.3 is 0 Å². The maximum absolute atomic E-state index is 13.5. The van der Waals surface area contributed by atoms with Crippen molar-refractivity contribution in [3.8, 4) is 0 Å². The molecule has 0 saturated carbocycles. The molecule has 0 bridgehead atoms. The maximum Gasteiger partial charge on any atom is 0.220 e. The molecule has 0 amide bonds. The van der Waals surface area contributed by atoms with E-state index in [2.05, 4.69) is 4.98 Å². The zero-order valence-electron chi connectivity index (χ0n) is 7.76. The van der Waals surface area contributed by atoms with Gasteiger partial charge in [0.1, 0.15) is 0 Å². The van der Waals surface area contributed by atoms with Gasteiger partial charge in [-0.05, 0) is 36.3 Å². The van der Waals surface area contributed by atoms with Crippen LogP contribution < -0.4 is 0 Å². The van der Waals surface area contributed by atoms with Crippen LogP contribution in [-0.2, 0) is 12.8 Å². The van der Waals surface area contributed by atoms with Crippen molar-refractivity contribution in [3.63, 3.8) is 0 Å². The molecule has 0 fully saturated rings. The van der Waals surface area contributed by atoms with Crippen molar-refractivity contribution in [1.82, 2.24) is 4.98 Å². The second-order valence-corrected chi connectivity index (χ2v) is 3.73. The predicted molar refractivity (Wildman–Crippen MR) is 53.7 cm³/mol. The molecule has 1 aliphatic rings. The molecule has 1 aliphatic carbocycles. The summed E-state index contributed by atoms with van der Waals surface area (Å²) in [4.78, 5) is 4.02. The summed E-state index contributed by atoms with van der Waals surface area (Å²) in [5.41, 5.74) is 2.21. The molecule has 1 heterocycles. The van der Waals surface area contributed by atoms with E-state index in [-0.39, 0.29) is 5.95 Å². The Balaban J connectivity index is 2.47. The van der Waals surface area contributed by atoms with Gasteiger partial charge in [-0.1, -0.05) is 18.2 Å². The molecule has 70 valence electrons. The highest BCUT2D eigenvalue weighted by atomic mass is 19.1. The highest BCUT2D eigenvalue weighted by Gasteiger charge is 2.17. The second kappa shape index (κ2) is 2.77. The lowest BCUT2D eigenvalue weighted by Gasteiger charge is -2.04. The minimum absolute atomic E-state index is 0.318. The monoisotopic (exact) mass is 187 g/mol. The van der Waals surface area contributed by atoms with Gasteiger partial charge in [-0.3, -0.25) is 0 Å². The summed E-state index contributed by atoms with van der Waals surface area (Å²) in [6.45, 7) is 0. The minimum atomic E-state index is -0.318. The number of aromatic nitrogens is 1. The van der Waals surface area contributed by atoms with Crippen molar-refractivity contribution in [3.05, 3.63) is 41.5 Å². The van der Waals surface area contributed by atoms with Crippen molar-refractivity contribution < 1.29 is 4.39 Å². The summed E-state index contributed by atoms with van der Waals surface area (Å²) in [5, 5.41) is 1.71. The van der Waals surface area contributed by atoms with E-state index >= 15 is 0 Å². The van der Waals surface area contributed by atoms with E-state index < -0.39 is 0 Å². The lowest BCUT2D eigenvalue weighted by atomic mass is 10.1.